The first-order valence-electron chi connectivity index (χ1n) is 6.91. The molecule has 6 nitrogen and oxygen atoms in total. The Morgan fingerprint density at radius 3 is 2.81 bits per heavy atom. The van der Waals surface area contributed by atoms with E-state index in [1.54, 1.807) is 13.1 Å². The van der Waals surface area contributed by atoms with Crippen LogP contribution in [-0.4, -0.2) is 34.0 Å². The number of rotatable bonds is 5. The van der Waals surface area contributed by atoms with Gasteiger partial charge in [-0.25, -0.2) is 13.1 Å². The lowest BCUT2D eigenvalue weighted by Gasteiger charge is -2.26. The lowest BCUT2D eigenvalue weighted by Crippen LogP contribution is -2.36. The fraction of sp³-hybridized carbons (Fsp3) is 0.500. The number of likely N-dealkylation sites (N-methyl/N-ethyl adjacent to an activating group) is 1. The maximum Gasteiger partial charge on any atom is 0.264 e. The largest absolute Gasteiger partial charge is 0.482 e. The fourth-order valence-electron chi connectivity index (χ4n) is 2.24. The monoisotopic (exact) mass is 312 g/mol. The molecule has 0 aliphatic carbocycles. The van der Waals surface area contributed by atoms with E-state index in [2.05, 4.69) is 4.72 Å². The van der Waals surface area contributed by atoms with E-state index in [9.17, 15) is 13.2 Å². The number of nitrogens with zero attached hydrogens (tertiary/aromatic N) is 1. The van der Waals surface area contributed by atoms with Gasteiger partial charge in [0.2, 0.25) is 10.0 Å². The normalized spacial score (nSPS) is 16.3. The van der Waals surface area contributed by atoms with E-state index < -0.39 is 10.0 Å². The second kappa shape index (κ2) is 6.03. The van der Waals surface area contributed by atoms with Gasteiger partial charge in [-0.15, -0.1) is 0 Å². The van der Waals surface area contributed by atoms with Crippen molar-refractivity contribution < 1.29 is 17.9 Å². The molecule has 1 N–H and O–H groups in total. The smallest absolute Gasteiger partial charge is 0.264 e. The molecule has 116 valence electrons. The molecular weight excluding hydrogens is 292 g/mol. The third kappa shape index (κ3) is 3.36. The molecule has 0 saturated heterocycles. The van der Waals surface area contributed by atoms with E-state index in [-0.39, 0.29) is 23.5 Å². The van der Waals surface area contributed by atoms with Gasteiger partial charge >= 0.3 is 0 Å². The van der Waals surface area contributed by atoms with Gasteiger partial charge in [0.05, 0.1) is 10.6 Å². The molecule has 1 amide bonds. The van der Waals surface area contributed by atoms with Crippen LogP contribution in [0, 0.1) is 0 Å². The molecule has 1 aromatic rings. The Balaban J connectivity index is 2.31. The van der Waals surface area contributed by atoms with Crippen molar-refractivity contribution in [1.82, 2.24) is 4.72 Å². The zero-order valence-corrected chi connectivity index (χ0v) is 13.2. The number of amides is 1. The van der Waals surface area contributed by atoms with Crippen molar-refractivity contribution in [2.45, 2.75) is 37.6 Å². The minimum atomic E-state index is -3.60. The molecule has 2 rings (SSSR count). The Bertz CT molecular complexity index is 642. The maximum absolute atomic E-state index is 12.3. The molecule has 0 fully saturated rings. The number of hydrogen-bond donors (Lipinski definition) is 1. The minimum absolute atomic E-state index is 0.0264. The summed E-state index contributed by atoms with van der Waals surface area (Å²) >= 11 is 0. The number of ether oxygens (including phenoxy) is 1. The second-order valence-electron chi connectivity index (χ2n) is 5.18. The van der Waals surface area contributed by atoms with E-state index in [1.807, 2.05) is 13.8 Å². The number of hydrogen-bond acceptors (Lipinski definition) is 4. The van der Waals surface area contributed by atoms with Gasteiger partial charge in [-0.05, 0) is 31.5 Å². The fourth-order valence-corrected chi connectivity index (χ4v) is 3.54. The van der Waals surface area contributed by atoms with E-state index >= 15 is 0 Å². The van der Waals surface area contributed by atoms with Crippen molar-refractivity contribution in [2.75, 3.05) is 18.6 Å². The molecule has 0 aromatic heterocycles. The average Bonchev–Trinajstić information content (AvgIpc) is 2.42. The molecule has 1 aliphatic rings. The van der Waals surface area contributed by atoms with Crippen molar-refractivity contribution >= 4 is 21.6 Å². The molecule has 7 heteroatoms. The van der Waals surface area contributed by atoms with Gasteiger partial charge in [0.15, 0.2) is 6.61 Å². The highest BCUT2D eigenvalue weighted by atomic mass is 32.2. The van der Waals surface area contributed by atoms with Crippen molar-refractivity contribution in [3.8, 4) is 5.75 Å². The van der Waals surface area contributed by atoms with Crippen LogP contribution in [-0.2, 0) is 14.8 Å². The molecule has 1 aromatic carbocycles. The average molecular weight is 312 g/mol. The molecule has 21 heavy (non-hydrogen) atoms. The van der Waals surface area contributed by atoms with Gasteiger partial charge in [0, 0.05) is 13.1 Å². The number of nitrogens with one attached hydrogen (secondary N) is 1. The summed E-state index contributed by atoms with van der Waals surface area (Å²) in [6.07, 6.45) is 1.67. The van der Waals surface area contributed by atoms with Gasteiger partial charge in [0.25, 0.3) is 5.91 Å². The topological polar surface area (TPSA) is 75.7 Å². The number of fused-ring (bicyclic) bond motifs is 1. The van der Waals surface area contributed by atoms with Gasteiger partial charge < -0.3 is 9.64 Å². The molecule has 1 atom stereocenters. The van der Waals surface area contributed by atoms with Crippen LogP contribution in [0.25, 0.3) is 0 Å². The van der Waals surface area contributed by atoms with Crippen LogP contribution in [0.15, 0.2) is 23.1 Å². The van der Waals surface area contributed by atoms with E-state index in [0.717, 1.165) is 12.8 Å². The van der Waals surface area contributed by atoms with Crippen molar-refractivity contribution in [3.63, 3.8) is 0 Å². The first-order chi connectivity index (χ1) is 9.85. The quantitative estimate of drug-likeness (QED) is 0.894. The third-order valence-corrected chi connectivity index (χ3v) is 4.99. The van der Waals surface area contributed by atoms with Crippen LogP contribution in [0.4, 0.5) is 5.69 Å². The number of anilines is 1. The molecule has 0 unspecified atom stereocenters. The summed E-state index contributed by atoms with van der Waals surface area (Å²) < 4.78 is 32.6. The minimum Gasteiger partial charge on any atom is -0.482 e. The molecule has 0 radical (unpaired) electrons. The van der Waals surface area contributed by atoms with Crippen molar-refractivity contribution in [2.24, 2.45) is 0 Å². The predicted molar refractivity (Wildman–Crippen MR) is 80.0 cm³/mol. The molecule has 1 heterocycles. The number of sulfonamides is 1. The van der Waals surface area contributed by atoms with Gasteiger partial charge in [-0.1, -0.05) is 13.3 Å². The first kappa shape index (κ1) is 15.8. The van der Waals surface area contributed by atoms with Gasteiger partial charge in [-0.2, -0.15) is 0 Å². The summed E-state index contributed by atoms with van der Waals surface area (Å²) in [5, 5.41) is 0. The Labute approximate surface area is 125 Å². The second-order valence-corrected chi connectivity index (χ2v) is 6.90. The lowest BCUT2D eigenvalue weighted by atomic mass is 10.2. The Hall–Kier alpha value is -1.60. The molecule has 0 spiro atoms. The zero-order valence-electron chi connectivity index (χ0n) is 12.4. The summed E-state index contributed by atoms with van der Waals surface area (Å²) in [7, 11) is -2.00. The lowest BCUT2D eigenvalue weighted by molar-refractivity contribution is -0.120. The first-order valence-corrected chi connectivity index (χ1v) is 8.39. The number of carbonyl (C=O) groups excluding carboxylic acids is 1. The Kier molecular flexibility index (Phi) is 4.53. The number of benzene rings is 1. The third-order valence-electron chi connectivity index (χ3n) is 3.41. The summed E-state index contributed by atoms with van der Waals surface area (Å²) in [6, 6.07) is 4.40. The molecule has 1 aliphatic heterocycles. The van der Waals surface area contributed by atoms with Crippen molar-refractivity contribution in [1.29, 1.82) is 0 Å². The highest BCUT2D eigenvalue weighted by Gasteiger charge is 2.25. The van der Waals surface area contributed by atoms with Gasteiger partial charge in [-0.3, -0.25) is 4.79 Å². The highest BCUT2D eigenvalue weighted by molar-refractivity contribution is 7.89. The summed E-state index contributed by atoms with van der Waals surface area (Å²) in [5.74, 6) is 0.307. The van der Waals surface area contributed by atoms with E-state index in [4.69, 9.17) is 4.74 Å². The Morgan fingerprint density at radius 2 is 2.14 bits per heavy atom. The Morgan fingerprint density at radius 1 is 1.43 bits per heavy atom. The van der Waals surface area contributed by atoms with Crippen LogP contribution in [0.3, 0.4) is 0 Å². The summed E-state index contributed by atoms with van der Waals surface area (Å²) in [6.45, 7) is 3.81. The van der Waals surface area contributed by atoms with E-state index in [0.29, 0.717) is 11.4 Å². The van der Waals surface area contributed by atoms with Crippen LogP contribution < -0.4 is 14.4 Å². The van der Waals surface area contributed by atoms with Crippen LogP contribution in [0.5, 0.6) is 5.75 Å². The van der Waals surface area contributed by atoms with Crippen LogP contribution in [0.1, 0.15) is 26.7 Å². The number of carbonyl (C=O) groups is 1. The summed E-state index contributed by atoms with van der Waals surface area (Å²) in [5.41, 5.74) is 0.470. The van der Waals surface area contributed by atoms with Crippen LogP contribution in [0.2, 0.25) is 0 Å². The van der Waals surface area contributed by atoms with Crippen molar-refractivity contribution in [3.05, 3.63) is 18.2 Å². The van der Waals surface area contributed by atoms with Crippen LogP contribution >= 0.6 is 0 Å². The predicted octanol–water partition coefficient (Wildman–Crippen LogP) is 1.51. The SMILES string of the molecule is CCC[C@H](C)NS(=O)(=O)c1ccc2c(c1)N(C)C(=O)CO2. The van der Waals surface area contributed by atoms with E-state index in [1.165, 1.54) is 17.0 Å². The molecule has 0 saturated carbocycles. The molecule has 0 bridgehead atoms. The zero-order chi connectivity index (χ0) is 15.6. The summed E-state index contributed by atoms with van der Waals surface area (Å²) in [4.78, 5) is 13.2. The molecular formula is C14H20N2O4S. The highest BCUT2D eigenvalue weighted by Crippen LogP contribution is 2.33. The maximum atomic E-state index is 12.3. The standard InChI is InChI=1S/C14H20N2O4S/c1-4-5-10(2)15-21(18,19)11-6-7-13-12(8-11)16(3)14(17)9-20-13/h6-8,10,15H,4-5,9H2,1-3H3/t10-/m0/s1. The van der Waals surface area contributed by atoms with Gasteiger partial charge in [0.1, 0.15) is 5.75 Å².